The fourth-order valence-electron chi connectivity index (χ4n) is 4.61. The quantitative estimate of drug-likeness (QED) is 0.0539. The number of aromatic hydroxyl groups is 1. The lowest BCUT2D eigenvalue weighted by Gasteiger charge is -2.18. The van der Waals surface area contributed by atoms with Crippen molar-refractivity contribution in [2.24, 2.45) is 0 Å². The molecule has 9 nitrogen and oxygen atoms in total. The fraction of sp³-hybridized carbons (Fsp3) is 0.0270. The minimum absolute atomic E-state index is 0.0365. The van der Waals surface area contributed by atoms with Gasteiger partial charge in [-0.05, 0) is 72.3 Å². The number of benzene rings is 5. The van der Waals surface area contributed by atoms with Crippen molar-refractivity contribution in [2.45, 2.75) is 10.1 Å². The largest absolute Gasteiger partial charge is 0.507 e. The molecular formula is C37H27ClFN3O6S. The van der Waals surface area contributed by atoms with Gasteiger partial charge >= 0.3 is 5.97 Å². The summed E-state index contributed by atoms with van der Waals surface area (Å²) in [6.07, 6.45) is 1.15. The molecule has 12 heteroatoms. The number of thioether (sulfide) groups is 1. The summed E-state index contributed by atoms with van der Waals surface area (Å²) in [4.78, 5) is 52.2. The molecule has 0 radical (unpaired) electrons. The average molecular weight is 696 g/mol. The molecule has 5 aromatic rings. The number of anilines is 2. The zero-order valence-corrected chi connectivity index (χ0v) is 27.0. The lowest BCUT2D eigenvalue weighted by Crippen LogP contribution is -2.30. The zero-order valence-electron chi connectivity index (χ0n) is 25.4. The highest BCUT2D eigenvalue weighted by Crippen LogP contribution is 2.37. The van der Waals surface area contributed by atoms with Crippen LogP contribution in [0.25, 0.3) is 6.08 Å². The molecule has 5 N–H and O–H groups in total. The number of carbonyl (C=O) groups excluding carboxylic acids is 3. The van der Waals surface area contributed by atoms with Crippen molar-refractivity contribution in [1.82, 2.24) is 5.32 Å². The molecule has 1 atom stereocenters. The van der Waals surface area contributed by atoms with Gasteiger partial charge in [-0.15, -0.1) is 11.8 Å². The van der Waals surface area contributed by atoms with Crippen molar-refractivity contribution in [3.63, 3.8) is 0 Å². The first kappa shape index (κ1) is 34.4. The van der Waals surface area contributed by atoms with Gasteiger partial charge in [-0.3, -0.25) is 14.4 Å². The summed E-state index contributed by atoms with van der Waals surface area (Å²) in [7, 11) is 0. The second-order valence-electron chi connectivity index (χ2n) is 10.4. The second kappa shape index (κ2) is 15.8. The maximum Gasteiger partial charge on any atom is 0.339 e. The van der Waals surface area contributed by atoms with Crippen molar-refractivity contribution < 1.29 is 33.8 Å². The molecule has 5 rings (SSSR count). The molecule has 0 heterocycles. The van der Waals surface area contributed by atoms with Crippen LogP contribution in [0.3, 0.4) is 0 Å². The Hall–Kier alpha value is -5.91. The summed E-state index contributed by atoms with van der Waals surface area (Å²) in [6.45, 7) is 0. The first-order valence-corrected chi connectivity index (χ1v) is 15.9. The van der Waals surface area contributed by atoms with Gasteiger partial charge < -0.3 is 26.2 Å². The highest BCUT2D eigenvalue weighted by atomic mass is 35.5. The maximum atomic E-state index is 14.7. The third kappa shape index (κ3) is 8.92. The van der Waals surface area contributed by atoms with Crippen molar-refractivity contribution in [2.75, 3.05) is 10.6 Å². The molecule has 49 heavy (non-hydrogen) atoms. The van der Waals surface area contributed by atoms with Gasteiger partial charge in [0.05, 0.1) is 5.02 Å². The number of carbonyl (C=O) groups is 4. The number of nitrogens with one attached hydrogen (secondary N) is 3. The average Bonchev–Trinajstić information content (AvgIpc) is 3.09. The predicted octanol–water partition coefficient (Wildman–Crippen LogP) is 7.76. The fourth-order valence-corrected chi connectivity index (χ4v) is 5.91. The molecule has 0 aliphatic rings. The number of phenols is 1. The van der Waals surface area contributed by atoms with Crippen molar-refractivity contribution in [1.29, 1.82) is 0 Å². The number of aromatic carboxylic acids is 1. The third-order valence-electron chi connectivity index (χ3n) is 7.00. The van der Waals surface area contributed by atoms with Gasteiger partial charge in [0.25, 0.3) is 11.8 Å². The molecule has 0 aliphatic heterocycles. The van der Waals surface area contributed by atoms with Crippen LogP contribution in [0.15, 0.2) is 132 Å². The number of hydrogen-bond acceptors (Lipinski definition) is 6. The summed E-state index contributed by atoms with van der Waals surface area (Å²) in [5, 5.41) is 26.4. The Morgan fingerprint density at radius 3 is 2.14 bits per heavy atom. The molecule has 246 valence electrons. The van der Waals surface area contributed by atoms with Gasteiger partial charge in [0, 0.05) is 27.4 Å². The van der Waals surface area contributed by atoms with E-state index in [1.165, 1.54) is 42.1 Å². The summed E-state index contributed by atoms with van der Waals surface area (Å²) >= 11 is 7.38. The van der Waals surface area contributed by atoms with E-state index < -0.39 is 40.5 Å². The molecule has 3 amide bonds. The Kier molecular flexibility index (Phi) is 11.1. The highest BCUT2D eigenvalue weighted by molar-refractivity contribution is 8.00. The van der Waals surface area contributed by atoms with Crippen LogP contribution in [0.5, 0.6) is 5.75 Å². The molecule has 5 aromatic carbocycles. The van der Waals surface area contributed by atoms with E-state index in [2.05, 4.69) is 16.0 Å². The topological polar surface area (TPSA) is 145 Å². The Balaban J connectivity index is 1.40. The Morgan fingerprint density at radius 2 is 1.45 bits per heavy atom. The number of hydrogen-bond donors (Lipinski definition) is 5. The molecule has 0 fully saturated rings. The zero-order chi connectivity index (χ0) is 34.9. The van der Waals surface area contributed by atoms with Gasteiger partial charge in [0.15, 0.2) is 0 Å². The standard InChI is InChI=1S/C37H27ClFN3O6S/c38-29-15-8-16-30(39)27(29)21-31(42-34(44)23-11-5-2-6-12-23)35(45)40-24-13-7-14-26(19-24)49-33(22-9-3-1-4-10-22)36(46)41-25-17-18-32(43)28(20-25)37(47)48/h1-21,33,43H,(H,40,45)(H,41,46)(H,42,44)(H,47,48)/b31-21+. The summed E-state index contributed by atoms with van der Waals surface area (Å²) in [5.74, 6) is -4.31. The van der Waals surface area contributed by atoms with Gasteiger partial charge in [-0.25, -0.2) is 9.18 Å². The minimum atomic E-state index is -1.35. The van der Waals surface area contributed by atoms with Crippen LogP contribution >= 0.6 is 23.4 Å². The number of carboxylic acid groups (broad SMARTS) is 1. The van der Waals surface area contributed by atoms with Gasteiger partial charge in [-0.2, -0.15) is 0 Å². The van der Waals surface area contributed by atoms with Crippen LogP contribution in [0.2, 0.25) is 5.02 Å². The van der Waals surface area contributed by atoms with Crippen LogP contribution in [0, 0.1) is 5.82 Å². The lowest BCUT2D eigenvalue weighted by atomic mass is 10.1. The van der Waals surface area contributed by atoms with Crippen LogP contribution < -0.4 is 16.0 Å². The predicted molar refractivity (Wildman–Crippen MR) is 187 cm³/mol. The monoisotopic (exact) mass is 695 g/mol. The number of amides is 3. The number of carboxylic acids is 1. The molecule has 0 spiro atoms. The third-order valence-corrected chi connectivity index (χ3v) is 8.58. The highest BCUT2D eigenvalue weighted by Gasteiger charge is 2.24. The molecule has 0 bridgehead atoms. The maximum absolute atomic E-state index is 14.7. The van der Waals surface area contributed by atoms with Crippen molar-refractivity contribution in [3.8, 4) is 5.75 Å². The van der Waals surface area contributed by atoms with Gasteiger partial charge in [0.1, 0.15) is 28.1 Å². The van der Waals surface area contributed by atoms with Crippen LogP contribution in [-0.2, 0) is 9.59 Å². The minimum Gasteiger partial charge on any atom is -0.507 e. The smallest absolute Gasteiger partial charge is 0.339 e. The molecule has 0 saturated carbocycles. The van der Waals surface area contributed by atoms with Gasteiger partial charge in [0.2, 0.25) is 5.91 Å². The summed E-state index contributed by atoms with van der Waals surface area (Å²) in [5.41, 5.74) is 0.683. The van der Waals surface area contributed by atoms with E-state index in [0.29, 0.717) is 16.1 Å². The molecular weight excluding hydrogens is 669 g/mol. The normalized spacial score (nSPS) is 11.7. The second-order valence-corrected chi connectivity index (χ2v) is 12.0. The molecule has 0 saturated heterocycles. The lowest BCUT2D eigenvalue weighted by molar-refractivity contribution is -0.116. The Bertz CT molecular complexity index is 2040. The van der Waals surface area contributed by atoms with E-state index in [4.69, 9.17) is 11.6 Å². The molecule has 0 aliphatic carbocycles. The van der Waals surface area contributed by atoms with Crippen LogP contribution in [0.1, 0.15) is 37.1 Å². The number of halogens is 2. The SMILES string of the molecule is O=C(Nc1cccc(SC(C(=O)Nc2ccc(O)c(C(=O)O)c2)c2ccccc2)c1)/C(=C\c1c(F)cccc1Cl)NC(=O)c1ccccc1. The van der Waals surface area contributed by atoms with E-state index in [0.717, 1.165) is 12.1 Å². The van der Waals surface area contributed by atoms with Crippen molar-refractivity contribution >= 4 is 64.5 Å². The summed E-state index contributed by atoms with van der Waals surface area (Å²) < 4.78 is 14.7. The Labute approximate surface area is 289 Å². The van der Waals surface area contributed by atoms with E-state index in [1.807, 2.05) is 0 Å². The Morgan fingerprint density at radius 1 is 0.776 bits per heavy atom. The summed E-state index contributed by atoms with van der Waals surface area (Å²) in [6, 6.07) is 31.5. The van der Waals surface area contributed by atoms with Gasteiger partial charge in [-0.1, -0.05) is 72.3 Å². The van der Waals surface area contributed by atoms with E-state index in [-0.39, 0.29) is 33.1 Å². The van der Waals surface area contributed by atoms with Crippen LogP contribution in [-0.4, -0.2) is 33.9 Å². The molecule has 1 unspecified atom stereocenters. The van der Waals surface area contributed by atoms with Crippen molar-refractivity contribution in [3.05, 3.63) is 160 Å². The number of rotatable bonds is 11. The van der Waals surface area contributed by atoms with E-state index in [1.54, 1.807) is 84.9 Å². The molecule has 0 aromatic heterocycles. The van der Waals surface area contributed by atoms with Crippen LogP contribution in [0.4, 0.5) is 15.8 Å². The first-order valence-electron chi connectivity index (χ1n) is 14.6. The van der Waals surface area contributed by atoms with E-state index >= 15 is 0 Å². The van der Waals surface area contributed by atoms with E-state index in [9.17, 15) is 33.8 Å². The first-order chi connectivity index (χ1) is 23.6.